The Morgan fingerprint density at radius 2 is 2.05 bits per heavy atom. The van der Waals surface area contributed by atoms with Gasteiger partial charge in [0.2, 0.25) is 0 Å². The van der Waals surface area contributed by atoms with Gasteiger partial charge >= 0.3 is 0 Å². The van der Waals surface area contributed by atoms with Crippen molar-refractivity contribution in [1.82, 2.24) is 5.32 Å². The maximum absolute atomic E-state index is 12.3. The summed E-state index contributed by atoms with van der Waals surface area (Å²) >= 11 is 0. The Hall–Kier alpha value is -2.02. The highest BCUT2D eigenvalue weighted by Gasteiger charge is 2.30. The topological polar surface area (TPSA) is 62.1 Å². The molecule has 0 aliphatic heterocycles. The van der Waals surface area contributed by atoms with Crippen LogP contribution in [0.3, 0.4) is 0 Å². The Morgan fingerprint density at radius 3 is 2.57 bits per heavy atom. The molecule has 4 nitrogen and oxygen atoms in total. The maximum atomic E-state index is 12.3. The van der Waals surface area contributed by atoms with E-state index in [4.69, 9.17) is 4.74 Å². The Kier molecular flexibility index (Phi) is 5.78. The van der Waals surface area contributed by atoms with Gasteiger partial charge in [-0.25, -0.2) is 0 Å². The number of ether oxygens (including phenoxy) is 1. The number of nitriles is 1. The predicted molar refractivity (Wildman–Crippen MR) is 83.1 cm³/mol. The fraction of sp³-hybridized carbons (Fsp3) is 0.529. The van der Waals surface area contributed by atoms with E-state index in [0.29, 0.717) is 23.8 Å². The summed E-state index contributed by atoms with van der Waals surface area (Å²) in [4.78, 5) is 12.3. The van der Waals surface area contributed by atoms with Gasteiger partial charge in [0, 0.05) is 5.56 Å². The van der Waals surface area contributed by atoms with Crippen LogP contribution in [0.5, 0.6) is 5.75 Å². The molecule has 1 N–H and O–H groups in total. The van der Waals surface area contributed by atoms with Gasteiger partial charge in [-0.1, -0.05) is 33.8 Å². The summed E-state index contributed by atoms with van der Waals surface area (Å²) in [6.07, 6.45) is 0. The van der Waals surface area contributed by atoms with Crippen molar-refractivity contribution < 1.29 is 9.53 Å². The molecule has 21 heavy (non-hydrogen) atoms. The van der Waals surface area contributed by atoms with Crippen LogP contribution < -0.4 is 10.1 Å². The van der Waals surface area contributed by atoms with E-state index in [1.165, 1.54) is 0 Å². The zero-order valence-corrected chi connectivity index (χ0v) is 13.4. The normalized spacial score (nSPS) is 13.6. The highest BCUT2D eigenvalue weighted by Crippen LogP contribution is 2.18. The lowest BCUT2D eigenvalue weighted by atomic mass is 9.90. The first-order chi connectivity index (χ1) is 9.78. The number of carbonyl (C=O) groups excluding carboxylic acids is 1. The summed E-state index contributed by atoms with van der Waals surface area (Å²) in [7, 11) is 0. The van der Waals surface area contributed by atoms with Gasteiger partial charge in [-0.15, -0.1) is 0 Å². The number of amides is 1. The fourth-order valence-electron chi connectivity index (χ4n) is 1.60. The molecular weight excluding hydrogens is 264 g/mol. The lowest BCUT2D eigenvalue weighted by Gasteiger charge is -2.27. The molecule has 0 spiro atoms. The monoisotopic (exact) mass is 288 g/mol. The van der Waals surface area contributed by atoms with E-state index in [1.54, 1.807) is 25.1 Å². The molecule has 0 bridgehead atoms. The van der Waals surface area contributed by atoms with Gasteiger partial charge < -0.3 is 10.1 Å². The van der Waals surface area contributed by atoms with Gasteiger partial charge in [-0.3, -0.25) is 4.79 Å². The van der Waals surface area contributed by atoms with Crippen molar-refractivity contribution in [2.24, 2.45) is 11.8 Å². The summed E-state index contributed by atoms with van der Waals surface area (Å²) in [6.45, 7) is 10.3. The quantitative estimate of drug-likeness (QED) is 0.872. The molecule has 1 atom stereocenters. The van der Waals surface area contributed by atoms with Crippen LogP contribution in [0.15, 0.2) is 24.3 Å². The molecule has 0 unspecified atom stereocenters. The molecule has 4 heteroatoms. The van der Waals surface area contributed by atoms with Gasteiger partial charge in [0.05, 0.1) is 12.7 Å². The average molecular weight is 288 g/mol. The van der Waals surface area contributed by atoms with E-state index in [-0.39, 0.29) is 11.8 Å². The molecule has 1 aromatic carbocycles. The van der Waals surface area contributed by atoms with Crippen LogP contribution in [0.2, 0.25) is 0 Å². The molecule has 1 amide bonds. The van der Waals surface area contributed by atoms with Gasteiger partial charge in [0.25, 0.3) is 5.91 Å². The summed E-state index contributed by atoms with van der Waals surface area (Å²) in [5.41, 5.74) is -0.385. The number of nitrogens with one attached hydrogen (secondary N) is 1. The van der Waals surface area contributed by atoms with E-state index in [9.17, 15) is 10.1 Å². The van der Waals surface area contributed by atoms with Crippen LogP contribution in [0, 0.1) is 23.2 Å². The second-order valence-electron chi connectivity index (χ2n) is 6.16. The van der Waals surface area contributed by atoms with Crippen LogP contribution in [-0.4, -0.2) is 18.1 Å². The average Bonchev–Trinajstić information content (AvgIpc) is 2.45. The minimum Gasteiger partial charge on any atom is -0.493 e. The number of carbonyl (C=O) groups is 1. The lowest BCUT2D eigenvalue weighted by Crippen LogP contribution is -2.48. The summed E-state index contributed by atoms with van der Waals surface area (Å²) < 4.78 is 5.62. The second-order valence-corrected chi connectivity index (χ2v) is 6.16. The van der Waals surface area contributed by atoms with Crippen molar-refractivity contribution >= 4 is 5.91 Å². The third-order valence-electron chi connectivity index (χ3n) is 3.44. The van der Waals surface area contributed by atoms with Crippen molar-refractivity contribution in [3.8, 4) is 11.8 Å². The van der Waals surface area contributed by atoms with Crippen molar-refractivity contribution in [3.05, 3.63) is 29.8 Å². The van der Waals surface area contributed by atoms with E-state index in [1.807, 2.05) is 19.9 Å². The molecule has 0 saturated heterocycles. The summed E-state index contributed by atoms with van der Waals surface area (Å²) in [5.74, 6) is 0.847. The molecule has 0 saturated carbocycles. The van der Waals surface area contributed by atoms with Crippen LogP contribution in [0.4, 0.5) is 0 Å². The molecule has 0 aromatic heterocycles. The molecule has 114 valence electrons. The molecule has 0 radical (unpaired) electrons. The molecule has 0 heterocycles. The molecule has 1 rings (SSSR count). The minimum atomic E-state index is -0.883. The van der Waals surface area contributed by atoms with Crippen LogP contribution in [0.25, 0.3) is 0 Å². The van der Waals surface area contributed by atoms with Gasteiger partial charge in [0.1, 0.15) is 11.3 Å². The van der Waals surface area contributed by atoms with Gasteiger partial charge in [-0.2, -0.15) is 5.26 Å². The number of rotatable bonds is 6. The Bertz CT molecular complexity index is 532. The third kappa shape index (κ3) is 4.78. The van der Waals surface area contributed by atoms with E-state index in [0.717, 1.165) is 0 Å². The van der Waals surface area contributed by atoms with Gasteiger partial charge in [0.15, 0.2) is 0 Å². The lowest BCUT2D eigenvalue weighted by molar-refractivity contribution is 0.0907. The van der Waals surface area contributed by atoms with Crippen molar-refractivity contribution in [3.63, 3.8) is 0 Å². The highest BCUT2D eigenvalue weighted by molar-refractivity contribution is 5.95. The number of hydrogen-bond acceptors (Lipinski definition) is 3. The van der Waals surface area contributed by atoms with Crippen molar-refractivity contribution in [2.75, 3.05) is 6.61 Å². The van der Waals surface area contributed by atoms with E-state index < -0.39 is 5.54 Å². The fourth-order valence-corrected chi connectivity index (χ4v) is 1.60. The molecule has 0 aliphatic carbocycles. The smallest absolute Gasteiger partial charge is 0.252 e. The zero-order valence-electron chi connectivity index (χ0n) is 13.4. The summed E-state index contributed by atoms with van der Waals surface area (Å²) in [5, 5.41) is 12.1. The second kappa shape index (κ2) is 7.12. The first-order valence-electron chi connectivity index (χ1n) is 7.25. The molecule has 0 fully saturated rings. The van der Waals surface area contributed by atoms with Crippen molar-refractivity contribution in [2.45, 2.75) is 40.2 Å². The number of benzene rings is 1. The Balaban J connectivity index is 2.84. The van der Waals surface area contributed by atoms with E-state index in [2.05, 4.69) is 25.2 Å². The molecule has 1 aromatic rings. The first-order valence-corrected chi connectivity index (χ1v) is 7.25. The Labute approximate surface area is 127 Å². The minimum absolute atomic E-state index is 0.0202. The maximum Gasteiger partial charge on any atom is 0.252 e. The van der Waals surface area contributed by atoms with Crippen LogP contribution in [0.1, 0.15) is 45.0 Å². The van der Waals surface area contributed by atoms with Gasteiger partial charge in [-0.05, 0) is 37.0 Å². The largest absolute Gasteiger partial charge is 0.493 e. The summed E-state index contributed by atoms with van der Waals surface area (Å²) in [6, 6.07) is 9.20. The molecule has 0 aliphatic rings. The SMILES string of the molecule is CC(C)COc1cccc(C(=O)N[C@](C)(C#N)C(C)C)c1. The molecular formula is C17H24N2O2. The number of nitrogens with zero attached hydrogens (tertiary/aromatic N) is 1. The van der Waals surface area contributed by atoms with Crippen molar-refractivity contribution in [1.29, 1.82) is 5.26 Å². The van der Waals surface area contributed by atoms with Crippen LogP contribution in [-0.2, 0) is 0 Å². The highest BCUT2D eigenvalue weighted by atomic mass is 16.5. The van der Waals surface area contributed by atoms with Crippen LogP contribution >= 0.6 is 0 Å². The predicted octanol–water partition coefficient (Wildman–Crippen LogP) is 3.39. The number of hydrogen-bond donors (Lipinski definition) is 1. The van der Waals surface area contributed by atoms with E-state index >= 15 is 0 Å². The zero-order chi connectivity index (χ0) is 16.0. The Morgan fingerprint density at radius 1 is 1.38 bits per heavy atom. The third-order valence-corrected chi connectivity index (χ3v) is 3.44. The first kappa shape index (κ1) is 17.0. The standard InChI is InChI=1S/C17H24N2O2/c1-12(2)10-21-15-8-6-7-14(9-15)16(20)19-17(5,11-18)13(3)4/h6-9,12-13H,10H2,1-5H3,(H,19,20)/t17-/m1/s1.